The first-order valence-corrected chi connectivity index (χ1v) is 7.93. The smallest absolute Gasteiger partial charge is 0.225 e. The van der Waals surface area contributed by atoms with E-state index < -0.39 is 0 Å². The van der Waals surface area contributed by atoms with Gasteiger partial charge in [-0.15, -0.1) is 0 Å². The van der Waals surface area contributed by atoms with Gasteiger partial charge in [0.1, 0.15) is 0 Å². The summed E-state index contributed by atoms with van der Waals surface area (Å²) in [5, 5.41) is 0. The number of rotatable bonds is 6. The molecule has 2 heterocycles. The Morgan fingerprint density at radius 2 is 2.25 bits per heavy atom. The van der Waals surface area contributed by atoms with Crippen LogP contribution in [0.25, 0.3) is 0 Å². The van der Waals surface area contributed by atoms with Gasteiger partial charge in [-0.1, -0.05) is 0 Å². The molecule has 0 aromatic heterocycles. The van der Waals surface area contributed by atoms with E-state index in [9.17, 15) is 4.79 Å². The Morgan fingerprint density at radius 3 is 2.95 bits per heavy atom. The summed E-state index contributed by atoms with van der Waals surface area (Å²) in [5.74, 6) is 0.180. The molecule has 2 rings (SSSR count). The van der Waals surface area contributed by atoms with Gasteiger partial charge in [-0.25, -0.2) is 0 Å². The van der Waals surface area contributed by atoms with E-state index in [-0.39, 0.29) is 24.1 Å². The van der Waals surface area contributed by atoms with Crippen LogP contribution in [-0.4, -0.2) is 55.4 Å². The molecule has 2 N–H and O–H groups in total. The van der Waals surface area contributed by atoms with Crippen molar-refractivity contribution in [2.24, 2.45) is 5.73 Å². The topological polar surface area (TPSA) is 64.8 Å². The number of amides is 1. The van der Waals surface area contributed by atoms with Crippen LogP contribution in [0.3, 0.4) is 0 Å². The van der Waals surface area contributed by atoms with Gasteiger partial charge < -0.3 is 20.1 Å². The third-order valence-electron chi connectivity index (χ3n) is 4.26. The highest BCUT2D eigenvalue weighted by Crippen LogP contribution is 2.20. The first-order valence-electron chi connectivity index (χ1n) is 7.93. The molecule has 0 spiro atoms. The first-order chi connectivity index (χ1) is 9.68. The maximum absolute atomic E-state index is 12.3. The maximum atomic E-state index is 12.3. The average Bonchev–Trinajstić information content (AvgIpc) is 2.96. The van der Waals surface area contributed by atoms with Crippen LogP contribution in [0.5, 0.6) is 0 Å². The highest BCUT2D eigenvalue weighted by Gasteiger charge is 2.28. The minimum atomic E-state index is 0.0482. The quantitative estimate of drug-likeness (QED) is 0.747. The Hall–Kier alpha value is -0.650. The largest absolute Gasteiger partial charge is 0.378 e. The van der Waals surface area contributed by atoms with Gasteiger partial charge in [-0.3, -0.25) is 4.79 Å². The SMILES string of the molecule is CC(N)C1CCCCN1C(=O)CCOCC1CCCO1. The number of hydrogen-bond acceptors (Lipinski definition) is 4. The van der Waals surface area contributed by atoms with Gasteiger partial charge in [0.25, 0.3) is 0 Å². The van der Waals surface area contributed by atoms with Crippen molar-refractivity contribution < 1.29 is 14.3 Å². The van der Waals surface area contributed by atoms with Crippen LogP contribution in [-0.2, 0) is 14.3 Å². The number of hydrogen-bond donors (Lipinski definition) is 1. The summed E-state index contributed by atoms with van der Waals surface area (Å²) in [7, 11) is 0. The Morgan fingerprint density at radius 1 is 1.40 bits per heavy atom. The Labute approximate surface area is 121 Å². The molecule has 3 atom stereocenters. The van der Waals surface area contributed by atoms with Gasteiger partial charge in [0.15, 0.2) is 0 Å². The highest BCUT2D eigenvalue weighted by atomic mass is 16.5. The zero-order valence-electron chi connectivity index (χ0n) is 12.6. The molecule has 0 saturated carbocycles. The minimum absolute atomic E-state index is 0.0482. The molecule has 2 saturated heterocycles. The molecule has 20 heavy (non-hydrogen) atoms. The number of likely N-dealkylation sites (tertiary alicyclic amines) is 1. The van der Waals surface area contributed by atoms with Crippen molar-refractivity contribution in [2.45, 2.75) is 63.6 Å². The van der Waals surface area contributed by atoms with Crippen LogP contribution < -0.4 is 5.73 Å². The average molecular weight is 284 g/mol. The fourth-order valence-electron chi connectivity index (χ4n) is 3.11. The van der Waals surface area contributed by atoms with E-state index in [0.717, 1.165) is 38.8 Å². The second kappa shape index (κ2) is 7.96. The van der Waals surface area contributed by atoms with Crippen LogP contribution in [0.2, 0.25) is 0 Å². The molecule has 5 nitrogen and oxygen atoms in total. The van der Waals surface area contributed by atoms with Gasteiger partial charge in [0, 0.05) is 25.2 Å². The molecule has 2 aliphatic heterocycles. The lowest BCUT2D eigenvalue weighted by molar-refractivity contribution is -0.136. The van der Waals surface area contributed by atoms with E-state index in [1.807, 2.05) is 11.8 Å². The van der Waals surface area contributed by atoms with Crippen LogP contribution in [0.15, 0.2) is 0 Å². The molecule has 0 aromatic carbocycles. The fraction of sp³-hybridized carbons (Fsp3) is 0.933. The molecule has 2 fully saturated rings. The molecular formula is C15H28N2O3. The molecule has 0 aromatic rings. The van der Waals surface area contributed by atoms with Crippen LogP contribution >= 0.6 is 0 Å². The van der Waals surface area contributed by atoms with Gasteiger partial charge in [-0.05, 0) is 39.0 Å². The minimum Gasteiger partial charge on any atom is -0.378 e. The van der Waals surface area contributed by atoms with Crippen molar-refractivity contribution in [3.8, 4) is 0 Å². The summed E-state index contributed by atoms with van der Waals surface area (Å²) in [5.41, 5.74) is 5.99. The Balaban J connectivity index is 1.67. The molecule has 116 valence electrons. The van der Waals surface area contributed by atoms with Crippen molar-refractivity contribution >= 4 is 5.91 Å². The Bertz CT molecular complexity index is 303. The summed E-state index contributed by atoms with van der Waals surface area (Å²) in [6, 6.07) is 0.251. The third-order valence-corrected chi connectivity index (χ3v) is 4.26. The monoisotopic (exact) mass is 284 g/mol. The van der Waals surface area contributed by atoms with Crippen molar-refractivity contribution in [1.29, 1.82) is 0 Å². The van der Waals surface area contributed by atoms with Gasteiger partial charge in [0.05, 0.1) is 25.7 Å². The van der Waals surface area contributed by atoms with Gasteiger partial charge in [-0.2, -0.15) is 0 Å². The summed E-state index contributed by atoms with van der Waals surface area (Å²) >= 11 is 0. The molecule has 3 unspecified atom stereocenters. The summed E-state index contributed by atoms with van der Waals surface area (Å²) in [6.07, 6.45) is 6.17. The van der Waals surface area contributed by atoms with Crippen molar-refractivity contribution in [3.05, 3.63) is 0 Å². The lowest BCUT2D eigenvalue weighted by Gasteiger charge is -2.38. The highest BCUT2D eigenvalue weighted by molar-refractivity contribution is 5.76. The number of carbonyl (C=O) groups excluding carboxylic acids is 1. The molecule has 5 heteroatoms. The van der Waals surface area contributed by atoms with Crippen molar-refractivity contribution in [2.75, 3.05) is 26.4 Å². The molecule has 0 bridgehead atoms. The second-order valence-corrected chi connectivity index (χ2v) is 5.97. The van der Waals surface area contributed by atoms with Crippen LogP contribution in [0.1, 0.15) is 45.4 Å². The lowest BCUT2D eigenvalue weighted by Crippen LogP contribution is -2.51. The zero-order chi connectivity index (χ0) is 14.4. The van der Waals surface area contributed by atoms with Crippen molar-refractivity contribution in [1.82, 2.24) is 4.90 Å². The van der Waals surface area contributed by atoms with E-state index in [2.05, 4.69) is 0 Å². The molecule has 0 radical (unpaired) electrons. The second-order valence-electron chi connectivity index (χ2n) is 5.97. The number of carbonyl (C=O) groups is 1. The van der Waals surface area contributed by atoms with E-state index in [1.165, 1.54) is 6.42 Å². The van der Waals surface area contributed by atoms with Crippen LogP contribution in [0, 0.1) is 0 Å². The van der Waals surface area contributed by atoms with Gasteiger partial charge in [0.2, 0.25) is 5.91 Å². The molecule has 0 aliphatic carbocycles. The molecular weight excluding hydrogens is 256 g/mol. The van der Waals surface area contributed by atoms with Crippen LogP contribution in [0.4, 0.5) is 0 Å². The van der Waals surface area contributed by atoms with Crippen molar-refractivity contribution in [3.63, 3.8) is 0 Å². The lowest BCUT2D eigenvalue weighted by atomic mass is 9.96. The van der Waals surface area contributed by atoms with E-state index in [4.69, 9.17) is 15.2 Å². The summed E-state index contributed by atoms with van der Waals surface area (Å²) < 4.78 is 11.1. The maximum Gasteiger partial charge on any atom is 0.225 e. The number of nitrogens with zero attached hydrogens (tertiary/aromatic N) is 1. The summed E-state index contributed by atoms with van der Waals surface area (Å²) in [6.45, 7) is 4.78. The zero-order valence-corrected chi connectivity index (χ0v) is 12.6. The predicted molar refractivity (Wildman–Crippen MR) is 77.4 cm³/mol. The fourth-order valence-corrected chi connectivity index (χ4v) is 3.11. The first kappa shape index (κ1) is 15.7. The number of nitrogens with two attached hydrogens (primary N) is 1. The molecule has 2 aliphatic rings. The normalized spacial score (nSPS) is 28.6. The molecule has 1 amide bonds. The third kappa shape index (κ3) is 4.43. The number of piperidine rings is 1. The van der Waals surface area contributed by atoms with Gasteiger partial charge >= 0.3 is 0 Å². The van der Waals surface area contributed by atoms with E-state index in [0.29, 0.717) is 19.6 Å². The summed E-state index contributed by atoms with van der Waals surface area (Å²) in [4.78, 5) is 14.2. The standard InChI is InChI=1S/C15H28N2O3/c1-12(16)14-6-2-3-8-17(14)15(18)7-10-19-11-13-5-4-9-20-13/h12-14H,2-11,16H2,1H3. The van der Waals surface area contributed by atoms with E-state index >= 15 is 0 Å². The Kier molecular flexibility index (Phi) is 6.26. The number of ether oxygens (including phenoxy) is 2. The van der Waals surface area contributed by atoms with E-state index in [1.54, 1.807) is 0 Å². The predicted octanol–water partition coefficient (Wildman–Crippen LogP) is 1.30.